The zero-order valence-electron chi connectivity index (χ0n) is 12.2. The number of amides is 1. The van der Waals surface area contributed by atoms with Crippen molar-refractivity contribution in [3.8, 4) is 11.5 Å². The number of benzene rings is 2. The highest BCUT2D eigenvalue weighted by molar-refractivity contribution is 6.42. The van der Waals surface area contributed by atoms with Gasteiger partial charge in [-0.05, 0) is 29.8 Å². The lowest BCUT2D eigenvalue weighted by Gasteiger charge is -2.11. The minimum absolute atomic E-state index is 0.179. The molecule has 1 N–H and O–H groups in total. The normalized spacial score (nSPS) is 10.2. The van der Waals surface area contributed by atoms with Crippen LogP contribution in [-0.4, -0.2) is 20.1 Å². The number of hydrogen-bond acceptors (Lipinski definition) is 3. The Bertz CT molecular complexity index is 689. The fourth-order valence-corrected chi connectivity index (χ4v) is 2.25. The van der Waals surface area contributed by atoms with E-state index < -0.39 is 0 Å². The van der Waals surface area contributed by atoms with Crippen LogP contribution in [0.2, 0.25) is 10.0 Å². The van der Waals surface area contributed by atoms with Crippen molar-refractivity contribution >= 4 is 34.8 Å². The molecule has 4 nitrogen and oxygen atoms in total. The van der Waals surface area contributed by atoms with E-state index in [4.69, 9.17) is 32.7 Å². The number of carbonyl (C=O) groups excluding carboxylic acids is 1. The van der Waals surface area contributed by atoms with Crippen LogP contribution in [0.15, 0.2) is 36.4 Å². The fraction of sp³-hybridized carbons (Fsp3) is 0.188. The molecule has 0 heterocycles. The zero-order valence-corrected chi connectivity index (χ0v) is 13.7. The van der Waals surface area contributed by atoms with Gasteiger partial charge in [-0.15, -0.1) is 0 Å². The van der Waals surface area contributed by atoms with E-state index in [9.17, 15) is 4.79 Å². The second-order valence-corrected chi connectivity index (χ2v) is 5.35. The summed E-state index contributed by atoms with van der Waals surface area (Å²) in [7, 11) is 3.10. The molecule has 0 bridgehead atoms. The molecule has 0 aliphatic carbocycles. The average Bonchev–Trinajstić information content (AvgIpc) is 2.51. The van der Waals surface area contributed by atoms with Crippen molar-refractivity contribution in [2.45, 2.75) is 6.42 Å². The maximum atomic E-state index is 12.1. The van der Waals surface area contributed by atoms with Gasteiger partial charge in [0.05, 0.1) is 36.4 Å². The van der Waals surface area contributed by atoms with Gasteiger partial charge in [0, 0.05) is 6.07 Å². The number of nitrogens with one attached hydrogen (secondary N) is 1. The van der Waals surface area contributed by atoms with Crippen molar-refractivity contribution in [3.63, 3.8) is 0 Å². The number of rotatable bonds is 5. The second kappa shape index (κ2) is 7.38. The summed E-state index contributed by atoms with van der Waals surface area (Å²) < 4.78 is 10.4. The quantitative estimate of drug-likeness (QED) is 0.888. The highest BCUT2D eigenvalue weighted by Crippen LogP contribution is 2.29. The van der Waals surface area contributed by atoms with E-state index in [1.807, 2.05) is 0 Å². The lowest BCUT2D eigenvalue weighted by Crippen LogP contribution is -2.15. The molecular weight excluding hydrogens is 325 g/mol. The van der Waals surface area contributed by atoms with Gasteiger partial charge < -0.3 is 14.8 Å². The molecule has 116 valence electrons. The minimum Gasteiger partial charge on any atom is -0.497 e. The van der Waals surface area contributed by atoms with Crippen molar-refractivity contribution in [2.75, 3.05) is 19.5 Å². The smallest absolute Gasteiger partial charge is 0.228 e. The minimum atomic E-state index is -0.179. The lowest BCUT2D eigenvalue weighted by molar-refractivity contribution is -0.115. The predicted molar refractivity (Wildman–Crippen MR) is 88.3 cm³/mol. The molecule has 2 rings (SSSR count). The van der Waals surface area contributed by atoms with E-state index in [2.05, 4.69) is 5.32 Å². The summed E-state index contributed by atoms with van der Waals surface area (Å²) in [5.41, 5.74) is 1.35. The predicted octanol–water partition coefficient (Wildman–Crippen LogP) is 4.19. The van der Waals surface area contributed by atoms with Gasteiger partial charge >= 0.3 is 0 Å². The van der Waals surface area contributed by atoms with Crippen molar-refractivity contribution < 1.29 is 14.3 Å². The largest absolute Gasteiger partial charge is 0.497 e. The Kier molecular flexibility index (Phi) is 5.52. The molecule has 2 aromatic rings. The number of halogens is 2. The van der Waals surface area contributed by atoms with E-state index >= 15 is 0 Å². The first-order valence-electron chi connectivity index (χ1n) is 6.49. The summed E-state index contributed by atoms with van der Waals surface area (Å²) in [5, 5.41) is 3.69. The first kappa shape index (κ1) is 16.5. The van der Waals surface area contributed by atoms with Gasteiger partial charge in [0.2, 0.25) is 5.91 Å². The molecule has 1 amide bonds. The molecule has 0 saturated carbocycles. The van der Waals surface area contributed by atoms with E-state index in [0.717, 1.165) is 5.56 Å². The molecule has 0 atom stereocenters. The molecule has 0 unspecified atom stereocenters. The Morgan fingerprint density at radius 2 is 1.82 bits per heavy atom. The van der Waals surface area contributed by atoms with E-state index in [-0.39, 0.29) is 12.3 Å². The molecule has 0 fully saturated rings. The van der Waals surface area contributed by atoms with Crippen LogP contribution in [0.4, 0.5) is 5.69 Å². The molecule has 22 heavy (non-hydrogen) atoms. The Morgan fingerprint density at radius 1 is 1.05 bits per heavy atom. The monoisotopic (exact) mass is 339 g/mol. The average molecular weight is 340 g/mol. The van der Waals surface area contributed by atoms with Crippen LogP contribution < -0.4 is 14.8 Å². The maximum absolute atomic E-state index is 12.1. The highest BCUT2D eigenvalue weighted by Gasteiger charge is 2.10. The van der Waals surface area contributed by atoms with Gasteiger partial charge in [-0.25, -0.2) is 0 Å². The molecule has 6 heteroatoms. The topological polar surface area (TPSA) is 47.6 Å². The fourth-order valence-electron chi connectivity index (χ4n) is 1.93. The van der Waals surface area contributed by atoms with Gasteiger partial charge in [0.15, 0.2) is 0 Å². The Hall–Kier alpha value is -1.91. The van der Waals surface area contributed by atoms with Gasteiger partial charge in [0.1, 0.15) is 11.5 Å². The summed E-state index contributed by atoms with van der Waals surface area (Å²) in [4.78, 5) is 12.1. The van der Waals surface area contributed by atoms with Crippen LogP contribution in [0.3, 0.4) is 0 Å². The van der Waals surface area contributed by atoms with Crippen molar-refractivity contribution in [3.05, 3.63) is 52.0 Å². The van der Waals surface area contributed by atoms with Crippen molar-refractivity contribution in [1.82, 2.24) is 0 Å². The van der Waals surface area contributed by atoms with Gasteiger partial charge in [-0.1, -0.05) is 29.3 Å². The third-order valence-electron chi connectivity index (χ3n) is 3.03. The number of ether oxygens (including phenoxy) is 2. The first-order valence-corrected chi connectivity index (χ1v) is 7.25. The van der Waals surface area contributed by atoms with E-state index in [0.29, 0.717) is 27.2 Å². The summed E-state index contributed by atoms with van der Waals surface area (Å²) in [6, 6.07) is 10.3. The highest BCUT2D eigenvalue weighted by atomic mass is 35.5. The molecule has 0 aliphatic heterocycles. The molecule has 0 saturated heterocycles. The number of methoxy groups -OCH3 is 2. The van der Waals surface area contributed by atoms with Crippen LogP contribution in [0.1, 0.15) is 5.56 Å². The first-order chi connectivity index (χ1) is 10.5. The third-order valence-corrected chi connectivity index (χ3v) is 3.77. The van der Waals surface area contributed by atoms with Gasteiger partial charge in [0.25, 0.3) is 0 Å². The zero-order chi connectivity index (χ0) is 16.1. The van der Waals surface area contributed by atoms with Crippen LogP contribution in [0.5, 0.6) is 11.5 Å². The number of hydrogen-bond donors (Lipinski definition) is 1. The van der Waals surface area contributed by atoms with Crippen LogP contribution >= 0.6 is 23.2 Å². The number of anilines is 1. The SMILES string of the molecule is COc1ccc(NC(=O)Cc2ccc(Cl)c(Cl)c2)c(OC)c1. The van der Waals surface area contributed by atoms with Crippen molar-refractivity contribution in [1.29, 1.82) is 0 Å². The molecule has 0 radical (unpaired) electrons. The molecule has 2 aromatic carbocycles. The molecule has 0 aliphatic rings. The van der Waals surface area contributed by atoms with Gasteiger partial charge in [-0.3, -0.25) is 4.79 Å². The molecule has 0 spiro atoms. The van der Waals surface area contributed by atoms with E-state index in [1.54, 1.807) is 43.5 Å². The van der Waals surface area contributed by atoms with Crippen LogP contribution in [0.25, 0.3) is 0 Å². The van der Waals surface area contributed by atoms with Crippen LogP contribution in [0, 0.1) is 0 Å². The lowest BCUT2D eigenvalue weighted by atomic mass is 10.1. The molecular formula is C16H15Cl2NO3. The summed E-state index contributed by atoms with van der Waals surface area (Å²) in [6.07, 6.45) is 0.187. The number of carbonyl (C=O) groups is 1. The van der Waals surface area contributed by atoms with Gasteiger partial charge in [-0.2, -0.15) is 0 Å². The summed E-state index contributed by atoms with van der Waals surface area (Å²) in [5.74, 6) is 1.00. The van der Waals surface area contributed by atoms with Crippen molar-refractivity contribution in [2.24, 2.45) is 0 Å². The standard InChI is InChI=1S/C16H15Cl2NO3/c1-21-11-4-6-14(15(9-11)22-2)19-16(20)8-10-3-5-12(17)13(18)7-10/h3-7,9H,8H2,1-2H3,(H,19,20). The van der Waals surface area contributed by atoms with E-state index in [1.165, 1.54) is 7.11 Å². The Balaban J connectivity index is 2.10. The summed E-state index contributed by atoms with van der Waals surface area (Å²) >= 11 is 11.8. The Morgan fingerprint density at radius 3 is 2.45 bits per heavy atom. The second-order valence-electron chi connectivity index (χ2n) is 4.54. The maximum Gasteiger partial charge on any atom is 0.228 e. The molecule has 0 aromatic heterocycles. The third kappa shape index (κ3) is 4.06. The van der Waals surface area contributed by atoms with Crippen LogP contribution in [-0.2, 0) is 11.2 Å². The Labute approximate surface area is 138 Å². The summed E-state index contributed by atoms with van der Waals surface area (Å²) in [6.45, 7) is 0.